The number of carbonyl (C=O) groups excluding carboxylic acids is 1. The number of thiazole rings is 1. The van der Waals surface area contributed by atoms with Gasteiger partial charge in [0.05, 0.1) is 33.0 Å². The molecule has 0 aliphatic carbocycles. The van der Waals surface area contributed by atoms with Crippen LogP contribution >= 0.6 is 23.1 Å². The van der Waals surface area contributed by atoms with Crippen molar-refractivity contribution in [2.45, 2.75) is 23.3 Å². The van der Waals surface area contributed by atoms with Crippen LogP contribution in [0.15, 0.2) is 76.8 Å². The van der Waals surface area contributed by atoms with E-state index in [4.69, 9.17) is 4.98 Å². The van der Waals surface area contributed by atoms with Crippen molar-refractivity contribution < 1.29 is 13.2 Å². The van der Waals surface area contributed by atoms with E-state index < -0.39 is 15.7 Å². The Bertz CT molecular complexity index is 1370. The number of pyridine rings is 1. The molecular formula is C23H21N3O3S3. The minimum absolute atomic E-state index is 0.0367. The van der Waals surface area contributed by atoms with Gasteiger partial charge in [-0.25, -0.2) is 13.4 Å². The minimum Gasteiger partial charge on any atom is -0.279 e. The van der Waals surface area contributed by atoms with Crippen molar-refractivity contribution in [2.75, 3.05) is 16.9 Å². The van der Waals surface area contributed by atoms with E-state index in [9.17, 15) is 13.2 Å². The Morgan fingerprint density at radius 1 is 1.09 bits per heavy atom. The molecule has 1 amide bonds. The lowest BCUT2D eigenvalue weighted by atomic mass is 10.2. The maximum atomic E-state index is 13.8. The molecule has 4 aromatic rings. The first kappa shape index (κ1) is 22.4. The van der Waals surface area contributed by atoms with E-state index in [0.29, 0.717) is 5.13 Å². The average Bonchev–Trinajstić information content (AvgIpc) is 3.27. The van der Waals surface area contributed by atoms with E-state index in [1.165, 1.54) is 22.3 Å². The second-order valence-electron chi connectivity index (χ2n) is 6.96. The molecule has 0 aliphatic heterocycles. The summed E-state index contributed by atoms with van der Waals surface area (Å²) in [5.74, 6) is -0.496. The summed E-state index contributed by atoms with van der Waals surface area (Å²) in [4.78, 5) is 25.3. The Morgan fingerprint density at radius 2 is 1.91 bits per heavy atom. The van der Waals surface area contributed by atoms with Crippen LogP contribution in [0, 0.1) is 0 Å². The van der Waals surface area contributed by atoms with Crippen molar-refractivity contribution >= 4 is 54.2 Å². The molecule has 0 bridgehead atoms. The van der Waals surface area contributed by atoms with Gasteiger partial charge in [-0.1, -0.05) is 42.5 Å². The molecule has 0 saturated heterocycles. The molecular weight excluding hydrogens is 462 g/mol. The van der Waals surface area contributed by atoms with Crippen molar-refractivity contribution in [3.8, 4) is 0 Å². The Kier molecular flexibility index (Phi) is 6.59. The van der Waals surface area contributed by atoms with Crippen molar-refractivity contribution in [3.05, 3.63) is 78.1 Å². The average molecular weight is 484 g/mol. The maximum absolute atomic E-state index is 13.8. The van der Waals surface area contributed by atoms with Gasteiger partial charge in [0.1, 0.15) is 0 Å². The van der Waals surface area contributed by atoms with Crippen molar-refractivity contribution in [2.24, 2.45) is 0 Å². The van der Waals surface area contributed by atoms with Gasteiger partial charge in [-0.3, -0.25) is 14.7 Å². The monoisotopic (exact) mass is 483 g/mol. The second kappa shape index (κ2) is 9.40. The van der Waals surface area contributed by atoms with E-state index in [2.05, 4.69) is 4.98 Å². The van der Waals surface area contributed by atoms with Gasteiger partial charge in [0, 0.05) is 17.3 Å². The van der Waals surface area contributed by atoms with Gasteiger partial charge in [-0.15, -0.1) is 11.8 Å². The highest BCUT2D eigenvalue weighted by Crippen LogP contribution is 2.35. The molecule has 0 aliphatic rings. The van der Waals surface area contributed by atoms with Crippen molar-refractivity contribution in [3.63, 3.8) is 0 Å². The minimum atomic E-state index is -3.58. The number of hydrogen-bond donors (Lipinski definition) is 0. The molecule has 0 saturated carbocycles. The number of nitrogens with zero attached hydrogens (tertiary/aromatic N) is 3. The molecule has 32 heavy (non-hydrogen) atoms. The number of anilines is 1. The number of fused-ring (bicyclic) bond motifs is 1. The third kappa shape index (κ3) is 4.41. The van der Waals surface area contributed by atoms with Crippen molar-refractivity contribution in [1.82, 2.24) is 9.97 Å². The third-order valence-corrected chi connectivity index (χ3v) is 8.56. The largest absolute Gasteiger partial charge is 0.279 e. The van der Waals surface area contributed by atoms with Crippen molar-refractivity contribution in [1.29, 1.82) is 0 Å². The molecule has 0 atom stereocenters. The van der Waals surface area contributed by atoms with E-state index in [-0.39, 0.29) is 22.8 Å². The first-order chi connectivity index (χ1) is 15.4. The molecule has 4 rings (SSSR count). The number of benzene rings is 2. The van der Waals surface area contributed by atoms with Gasteiger partial charge in [0.2, 0.25) is 0 Å². The van der Waals surface area contributed by atoms with Crippen LogP contribution in [0.5, 0.6) is 0 Å². The van der Waals surface area contributed by atoms with E-state index in [0.717, 1.165) is 20.7 Å². The summed E-state index contributed by atoms with van der Waals surface area (Å²) < 4.78 is 26.3. The first-order valence-electron chi connectivity index (χ1n) is 9.90. The molecule has 0 unspecified atom stereocenters. The first-order valence-corrected chi connectivity index (χ1v) is 13.6. The number of thioether (sulfide) groups is 1. The Balaban J connectivity index is 1.86. The summed E-state index contributed by atoms with van der Waals surface area (Å²) in [5, 5.41) is 0.513. The number of sulfone groups is 1. The van der Waals surface area contributed by atoms with Gasteiger partial charge in [-0.05, 0) is 42.2 Å². The normalized spacial score (nSPS) is 11.6. The molecule has 0 N–H and O–H groups in total. The third-order valence-electron chi connectivity index (χ3n) is 4.96. The van der Waals surface area contributed by atoms with Gasteiger partial charge >= 0.3 is 0 Å². The quantitative estimate of drug-likeness (QED) is 0.342. The van der Waals surface area contributed by atoms with Crippen LogP contribution in [0.4, 0.5) is 5.13 Å². The lowest BCUT2D eigenvalue weighted by Gasteiger charge is -2.21. The fourth-order valence-electron chi connectivity index (χ4n) is 3.31. The number of amides is 1. The summed E-state index contributed by atoms with van der Waals surface area (Å²) in [6.45, 7) is 1.79. The maximum Gasteiger partial charge on any atom is 0.261 e. The summed E-state index contributed by atoms with van der Waals surface area (Å²) in [7, 11) is -3.58. The molecule has 2 heterocycles. The lowest BCUT2D eigenvalue weighted by molar-refractivity contribution is 0.0982. The van der Waals surface area contributed by atoms with Crippen LogP contribution in [0.3, 0.4) is 0 Å². The highest BCUT2D eigenvalue weighted by molar-refractivity contribution is 7.98. The predicted molar refractivity (Wildman–Crippen MR) is 130 cm³/mol. The molecule has 0 spiro atoms. The fourth-order valence-corrected chi connectivity index (χ4v) is 6.01. The Hall–Kier alpha value is -2.75. The number of para-hydroxylation sites is 1. The zero-order chi connectivity index (χ0) is 22.7. The van der Waals surface area contributed by atoms with E-state index in [1.807, 2.05) is 30.5 Å². The number of carbonyl (C=O) groups is 1. The van der Waals surface area contributed by atoms with E-state index >= 15 is 0 Å². The molecule has 6 nitrogen and oxygen atoms in total. The highest BCUT2D eigenvalue weighted by Gasteiger charge is 2.27. The molecule has 9 heteroatoms. The zero-order valence-corrected chi connectivity index (χ0v) is 20.0. The second-order valence-corrected chi connectivity index (χ2v) is 11.1. The fraction of sp³-hybridized carbons (Fsp3) is 0.174. The Labute approximate surface area is 195 Å². The topological polar surface area (TPSA) is 80.2 Å². The van der Waals surface area contributed by atoms with Crippen LogP contribution in [0.2, 0.25) is 0 Å². The smallest absolute Gasteiger partial charge is 0.261 e. The van der Waals surface area contributed by atoms with Crippen LogP contribution in [0.25, 0.3) is 10.2 Å². The van der Waals surface area contributed by atoms with Crippen LogP contribution in [0.1, 0.15) is 22.8 Å². The van der Waals surface area contributed by atoms with Crippen LogP contribution < -0.4 is 4.90 Å². The van der Waals surface area contributed by atoms with Gasteiger partial charge in [0.25, 0.3) is 5.91 Å². The zero-order valence-electron chi connectivity index (χ0n) is 17.6. The predicted octanol–water partition coefficient (Wildman–Crippen LogP) is 5.05. The van der Waals surface area contributed by atoms with Crippen LogP contribution in [-0.4, -0.2) is 36.3 Å². The molecule has 0 fully saturated rings. The summed E-state index contributed by atoms with van der Waals surface area (Å²) in [5.41, 5.74) is 1.79. The summed E-state index contributed by atoms with van der Waals surface area (Å²) in [6.07, 6.45) is 5.34. The molecule has 2 aromatic carbocycles. The molecule has 0 radical (unpaired) electrons. The standard InChI is InChI=1S/C23H21N3O3S3/c1-3-32(28,29)20-12-5-4-9-17(20)22(27)26(15-16-8-7-13-24-14-16)23-25-21-18(30-2)10-6-11-19(21)31-23/h4-14H,3,15H2,1-2H3. The summed E-state index contributed by atoms with van der Waals surface area (Å²) >= 11 is 3.00. The van der Waals surface area contributed by atoms with Crippen LogP contribution in [-0.2, 0) is 16.4 Å². The highest BCUT2D eigenvalue weighted by atomic mass is 32.2. The SMILES string of the molecule is CCS(=O)(=O)c1ccccc1C(=O)N(Cc1cccnc1)c1nc2c(SC)cccc2s1. The number of aromatic nitrogens is 2. The molecule has 164 valence electrons. The number of rotatable bonds is 7. The molecule has 2 aromatic heterocycles. The summed E-state index contributed by atoms with van der Waals surface area (Å²) in [6, 6.07) is 16.0. The van der Waals surface area contributed by atoms with E-state index in [1.54, 1.807) is 55.3 Å². The Morgan fingerprint density at radius 3 is 2.62 bits per heavy atom. The van der Waals surface area contributed by atoms with Gasteiger partial charge in [-0.2, -0.15) is 0 Å². The number of hydrogen-bond acceptors (Lipinski definition) is 7. The lowest BCUT2D eigenvalue weighted by Crippen LogP contribution is -2.31. The van der Waals surface area contributed by atoms with Gasteiger partial charge in [0.15, 0.2) is 15.0 Å². The van der Waals surface area contributed by atoms with Gasteiger partial charge < -0.3 is 0 Å².